The number of ether oxygens (including phenoxy) is 2. The molecule has 0 atom stereocenters. The van der Waals surface area contributed by atoms with Crippen LogP contribution in [-0.2, 0) is 12.8 Å². The van der Waals surface area contributed by atoms with Gasteiger partial charge in [0.05, 0.1) is 14.2 Å². The highest BCUT2D eigenvalue weighted by atomic mass is 35.5. The van der Waals surface area contributed by atoms with E-state index in [9.17, 15) is 4.79 Å². The quantitative estimate of drug-likeness (QED) is 0.528. The lowest BCUT2D eigenvalue weighted by Gasteiger charge is -2.30. The molecule has 0 spiro atoms. The number of amides is 1. The Bertz CT molecular complexity index is 821. The monoisotopic (exact) mass is 469 g/mol. The van der Waals surface area contributed by atoms with Crippen LogP contribution in [0.4, 0.5) is 0 Å². The number of carbonyl (C=O) groups is 1. The van der Waals surface area contributed by atoms with Crippen LogP contribution >= 0.6 is 24.8 Å². The Labute approximate surface area is 197 Å². The van der Waals surface area contributed by atoms with Gasteiger partial charge in [0.2, 0.25) is 0 Å². The van der Waals surface area contributed by atoms with Gasteiger partial charge in [0, 0.05) is 31.0 Å². The van der Waals surface area contributed by atoms with Crippen LogP contribution in [0.5, 0.6) is 11.5 Å². The Morgan fingerprint density at radius 2 is 1.81 bits per heavy atom. The first kappa shape index (κ1) is 27.0. The molecule has 0 saturated carbocycles. The number of pyridine rings is 1. The summed E-state index contributed by atoms with van der Waals surface area (Å²) in [5.41, 5.74) is 3.06. The molecule has 1 aliphatic heterocycles. The molecule has 0 bridgehead atoms. The summed E-state index contributed by atoms with van der Waals surface area (Å²) in [7, 11) is 5.36. The second kappa shape index (κ2) is 13.4. The smallest absolute Gasteiger partial charge is 0.254 e. The third-order valence-corrected chi connectivity index (χ3v) is 5.47. The van der Waals surface area contributed by atoms with E-state index in [1.54, 1.807) is 14.2 Å². The zero-order valence-electron chi connectivity index (χ0n) is 18.5. The zero-order valence-corrected chi connectivity index (χ0v) is 20.1. The van der Waals surface area contributed by atoms with Gasteiger partial charge in [-0.1, -0.05) is 6.07 Å². The van der Waals surface area contributed by atoms with Crippen molar-refractivity contribution in [2.45, 2.75) is 25.7 Å². The number of methoxy groups -OCH3 is 2. The first-order chi connectivity index (χ1) is 14.1. The highest BCUT2D eigenvalue weighted by molar-refractivity contribution is 5.97. The van der Waals surface area contributed by atoms with Crippen LogP contribution in [0.15, 0.2) is 36.7 Å². The molecule has 0 aliphatic carbocycles. The summed E-state index contributed by atoms with van der Waals surface area (Å²) >= 11 is 0. The van der Waals surface area contributed by atoms with Crippen molar-refractivity contribution in [3.8, 4) is 11.5 Å². The van der Waals surface area contributed by atoms with Gasteiger partial charge in [0.25, 0.3) is 5.91 Å². The van der Waals surface area contributed by atoms with Gasteiger partial charge in [-0.15, -0.1) is 24.8 Å². The molecule has 2 heterocycles. The minimum Gasteiger partial charge on any atom is -0.493 e. The van der Waals surface area contributed by atoms with E-state index in [0.717, 1.165) is 63.0 Å². The third kappa shape index (κ3) is 7.27. The molecule has 1 aliphatic rings. The van der Waals surface area contributed by atoms with Crippen LogP contribution in [0.1, 0.15) is 34.3 Å². The van der Waals surface area contributed by atoms with Gasteiger partial charge in [-0.05, 0) is 75.1 Å². The summed E-state index contributed by atoms with van der Waals surface area (Å²) in [5.74, 6) is 1.38. The van der Waals surface area contributed by atoms with Crippen LogP contribution in [0, 0.1) is 0 Å². The van der Waals surface area contributed by atoms with E-state index >= 15 is 0 Å². The molecule has 2 aromatic rings. The molecule has 31 heavy (non-hydrogen) atoms. The number of rotatable bonds is 10. The van der Waals surface area contributed by atoms with Gasteiger partial charge in [-0.25, -0.2) is 0 Å². The Hall–Kier alpha value is -2.02. The maximum Gasteiger partial charge on any atom is 0.254 e. The maximum atomic E-state index is 12.9. The Morgan fingerprint density at radius 1 is 1.10 bits per heavy atom. The van der Waals surface area contributed by atoms with Crippen molar-refractivity contribution in [1.82, 2.24) is 14.8 Å². The van der Waals surface area contributed by atoms with E-state index in [1.165, 1.54) is 5.56 Å². The Balaban J connectivity index is 0.00000240. The number of hydrogen-bond acceptors (Lipinski definition) is 5. The first-order valence-corrected chi connectivity index (χ1v) is 10.2. The van der Waals surface area contributed by atoms with Gasteiger partial charge in [0.1, 0.15) is 0 Å². The second-order valence-corrected chi connectivity index (χ2v) is 7.53. The van der Waals surface area contributed by atoms with Crippen molar-refractivity contribution >= 4 is 30.7 Å². The van der Waals surface area contributed by atoms with Crippen molar-refractivity contribution in [1.29, 1.82) is 0 Å². The van der Waals surface area contributed by atoms with Crippen LogP contribution in [0.3, 0.4) is 0 Å². The molecule has 1 amide bonds. The number of aryl methyl sites for hydroxylation is 1. The van der Waals surface area contributed by atoms with Crippen LogP contribution in [0.25, 0.3) is 0 Å². The van der Waals surface area contributed by atoms with E-state index in [1.807, 2.05) is 35.5 Å². The normalized spacial score (nSPS) is 12.6. The number of benzene rings is 1. The summed E-state index contributed by atoms with van der Waals surface area (Å²) < 4.78 is 10.7. The standard InChI is InChI=1S/C23H31N3O3.2ClH/c1-25(11-5-8-18-7-4-10-24-17-18)12-6-13-26-14-9-19-15-21(28-2)22(29-3)16-20(19)23(26)27;;/h4,7,10,15-17H,5-6,8-9,11-14H2,1-3H3;2*1H. The van der Waals surface area contributed by atoms with Crippen molar-refractivity contribution in [2.75, 3.05) is 47.4 Å². The zero-order chi connectivity index (χ0) is 20.6. The first-order valence-electron chi connectivity index (χ1n) is 10.2. The van der Waals surface area contributed by atoms with Crippen molar-refractivity contribution in [2.24, 2.45) is 0 Å². The molecular weight excluding hydrogens is 437 g/mol. The molecular formula is C23H33Cl2N3O3. The average molecular weight is 470 g/mol. The van der Waals surface area contributed by atoms with E-state index < -0.39 is 0 Å². The fraction of sp³-hybridized carbons (Fsp3) is 0.478. The number of aromatic nitrogens is 1. The minimum atomic E-state index is 0. The lowest BCUT2D eigenvalue weighted by molar-refractivity contribution is 0.0732. The molecule has 0 N–H and O–H groups in total. The summed E-state index contributed by atoms with van der Waals surface area (Å²) in [6.45, 7) is 3.56. The summed E-state index contributed by atoms with van der Waals surface area (Å²) in [6.07, 6.45) is 7.72. The molecule has 0 fully saturated rings. The van der Waals surface area contributed by atoms with Crippen molar-refractivity contribution < 1.29 is 14.3 Å². The van der Waals surface area contributed by atoms with E-state index in [-0.39, 0.29) is 30.7 Å². The summed E-state index contributed by atoms with van der Waals surface area (Å²) in [5, 5.41) is 0. The molecule has 1 aromatic heterocycles. The van der Waals surface area contributed by atoms with Gasteiger partial charge in [0.15, 0.2) is 11.5 Å². The van der Waals surface area contributed by atoms with Gasteiger partial charge in [-0.2, -0.15) is 0 Å². The average Bonchev–Trinajstić information content (AvgIpc) is 2.75. The fourth-order valence-corrected chi connectivity index (χ4v) is 3.81. The number of fused-ring (bicyclic) bond motifs is 1. The predicted octanol–water partition coefficient (Wildman–Crippen LogP) is 3.90. The lowest BCUT2D eigenvalue weighted by atomic mass is 9.98. The van der Waals surface area contributed by atoms with E-state index in [0.29, 0.717) is 11.5 Å². The molecule has 8 heteroatoms. The molecule has 1 aromatic carbocycles. The number of hydrogen-bond donors (Lipinski definition) is 0. The minimum absolute atomic E-state index is 0. The van der Waals surface area contributed by atoms with Crippen LogP contribution < -0.4 is 9.47 Å². The van der Waals surface area contributed by atoms with Crippen LogP contribution in [0.2, 0.25) is 0 Å². The molecule has 3 rings (SSSR count). The predicted molar refractivity (Wildman–Crippen MR) is 128 cm³/mol. The summed E-state index contributed by atoms with van der Waals surface area (Å²) in [4.78, 5) is 21.4. The SMILES string of the molecule is COc1cc2c(cc1OC)C(=O)N(CCCN(C)CCCc1cccnc1)CC2.Cl.Cl. The maximum absolute atomic E-state index is 12.9. The number of nitrogens with zero attached hydrogens (tertiary/aromatic N) is 3. The van der Waals surface area contributed by atoms with Gasteiger partial charge < -0.3 is 19.3 Å². The highest BCUT2D eigenvalue weighted by Crippen LogP contribution is 2.33. The summed E-state index contributed by atoms with van der Waals surface area (Å²) in [6, 6.07) is 7.85. The van der Waals surface area contributed by atoms with Crippen molar-refractivity contribution in [3.05, 3.63) is 53.3 Å². The largest absolute Gasteiger partial charge is 0.493 e. The topological polar surface area (TPSA) is 54.9 Å². The Kier molecular flexibility index (Phi) is 11.7. The lowest BCUT2D eigenvalue weighted by Crippen LogP contribution is -2.39. The third-order valence-electron chi connectivity index (χ3n) is 5.47. The molecule has 0 unspecified atom stereocenters. The second-order valence-electron chi connectivity index (χ2n) is 7.53. The van der Waals surface area contributed by atoms with Crippen molar-refractivity contribution in [3.63, 3.8) is 0 Å². The van der Waals surface area contributed by atoms with Gasteiger partial charge >= 0.3 is 0 Å². The molecule has 172 valence electrons. The number of halogens is 2. The highest BCUT2D eigenvalue weighted by Gasteiger charge is 2.26. The number of carbonyl (C=O) groups excluding carboxylic acids is 1. The fourth-order valence-electron chi connectivity index (χ4n) is 3.81. The van der Waals surface area contributed by atoms with Gasteiger partial charge in [-0.3, -0.25) is 9.78 Å². The van der Waals surface area contributed by atoms with E-state index in [2.05, 4.69) is 23.0 Å². The molecule has 6 nitrogen and oxygen atoms in total. The Morgan fingerprint density at radius 3 is 2.48 bits per heavy atom. The van der Waals surface area contributed by atoms with E-state index in [4.69, 9.17) is 9.47 Å². The molecule has 0 radical (unpaired) electrons. The van der Waals surface area contributed by atoms with Crippen LogP contribution in [-0.4, -0.2) is 68.1 Å². The molecule has 0 saturated heterocycles.